The summed E-state index contributed by atoms with van der Waals surface area (Å²) in [6.45, 7) is 2.34. The summed E-state index contributed by atoms with van der Waals surface area (Å²) in [4.78, 5) is 19.9. The van der Waals surface area contributed by atoms with Crippen molar-refractivity contribution >= 4 is 21.6 Å². The lowest BCUT2D eigenvalue weighted by Crippen LogP contribution is -2.31. The fourth-order valence-electron chi connectivity index (χ4n) is 4.91. The molecule has 4 aromatic rings. The van der Waals surface area contributed by atoms with Crippen molar-refractivity contribution in [2.75, 3.05) is 12.0 Å². The molecule has 0 saturated carbocycles. The van der Waals surface area contributed by atoms with E-state index in [9.17, 15) is 13.2 Å². The van der Waals surface area contributed by atoms with Crippen molar-refractivity contribution in [3.05, 3.63) is 119 Å². The van der Waals surface area contributed by atoms with Crippen LogP contribution in [0.5, 0.6) is 5.75 Å². The Morgan fingerprint density at radius 2 is 1.85 bits per heavy atom. The zero-order chi connectivity index (χ0) is 27.4. The number of hydrogen-bond acceptors (Lipinski definition) is 5. The van der Waals surface area contributed by atoms with E-state index < -0.39 is 10.0 Å². The zero-order valence-corrected chi connectivity index (χ0v) is 22.8. The number of ether oxygens (including phenoxy) is 1. The molecule has 39 heavy (non-hydrogen) atoms. The monoisotopic (exact) mass is 541 g/mol. The Balaban J connectivity index is 1.47. The molecule has 200 valence electrons. The number of carbonyl (C=O) groups excluding carboxylic acids is 1. The molecule has 8 heteroatoms. The Hall–Kier alpha value is -4.01. The second kappa shape index (κ2) is 11.4. The van der Waals surface area contributed by atoms with Gasteiger partial charge in [-0.25, -0.2) is 13.1 Å². The predicted molar refractivity (Wildman–Crippen MR) is 151 cm³/mol. The first-order chi connectivity index (χ1) is 18.9. The number of anilines is 1. The molecule has 0 aliphatic heterocycles. The summed E-state index contributed by atoms with van der Waals surface area (Å²) >= 11 is 0. The number of aromatic nitrogens is 1. The minimum Gasteiger partial charge on any atom is -0.497 e. The Bertz CT molecular complexity index is 1570. The van der Waals surface area contributed by atoms with Gasteiger partial charge in [0.1, 0.15) is 5.75 Å². The fraction of sp³-hybridized carbons (Fsp3) is 0.226. The van der Waals surface area contributed by atoms with Gasteiger partial charge < -0.3 is 9.64 Å². The highest BCUT2D eigenvalue weighted by atomic mass is 32.2. The van der Waals surface area contributed by atoms with E-state index in [2.05, 4.69) is 9.71 Å². The van der Waals surface area contributed by atoms with E-state index in [4.69, 9.17) is 4.74 Å². The molecule has 3 aromatic carbocycles. The number of amides is 1. The molecule has 1 amide bonds. The molecule has 0 saturated heterocycles. The molecule has 0 bridgehead atoms. The topological polar surface area (TPSA) is 88.6 Å². The van der Waals surface area contributed by atoms with E-state index in [0.29, 0.717) is 30.0 Å². The smallest absolute Gasteiger partial charge is 0.258 e. The van der Waals surface area contributed by atoms with Gasteiger partial charge in [-0.3, -0.25) is 9.78 Å². The van der Waals surface area contributed by atoms with Crippen molar-refractivity contribution in [1.82, 2.24) is 9.71 Å². The number of carbonyl (C=O) groups is 1. The number of fused-ring (bicyclic) bond motifs is 1. The minimum absolute atomic E-state index is 0.191. The van der Waals surface area contributed by atoms with Crippen LogP contribution in [0.2, 0.25) is 0 Å². The number of benzene rings is 3. The second-order valence-electron chi connectivity index (χ2n) is 9.58. The molecule has 1 N–H and O–H groups in total. The van der Waals surface area contributed by atoms with Gasteiger partial charge in [-0.05, 0) is 90.0 Å². The summed E-state index contributed by atoms with van der Waals surface area (Å²) in [6, 6.07) is 23.3. The van der Waals surface area contributed by atoms with Gasteiger partial charge in [0.2, 0.25) is 10.0 Å². The van der Waals surface area contributed by atoms with Crippen molar-refractivity contribution in [1.29, 1.82) is 0 Å². The van der Waals surface area contributed by atoms with E-state index >= 15 is 0 Å². The molecule has 1 atom stereocenters. The Labute approximate surface area is 229 Å². The maximum atomic E-state index is 13.8. The van der Waals surface area contributed by atoms with Gasteiger partial charge in [0, 0.05) is 29.7 Å². The number of pyridine rings is 1. The van der Waals surface area contributed by atoms with Crippen LogP contribution >= 0.6 is 0 Å². The van der Waals surface area contributed by atoms with Gasteiger partial charge in [0.15, 0.2) is 0 Å². The average molecular weight is 542 g/mol. The van der Waals surface area contributed by atoms with E-state index in [1.807, 2.05) is 49.4 Å². The predicted octanol–water partition coefficient (Wildman–Crippen LogP) is 5.47. The number of rotatable bonds is 9. The minimum atomic E-state index is -3.71. The van der Waals surface area contributed by atoms with Crippen LogP contribution < -0.4 is 14.4 Å². The number of aryl methyl sites for hydroxylation is 2. The Morgan fingerprint density at radius 3 is 2.56 bits per heavy atom. The van der Waals surface area contributed by atoms with Crippen molar-refractivity contribution in [2.45, 2.75) is 43.7 Å². The van der Waals surface area contributed by atoms with Crippen LogP contribution in [0, 0.1) is 0 Å². The Kier molecular flexibility index (Phi) is 7.77. The zero-order valence-electron chi connectivity index (χ0n) is 22.0. The standard InChI is InChI=1S/C31H31N3O4S/c1-3-22-9-14-28(15-10-22)39(36,37)33-30-16-12-24-11-13-26(19-29(24)30)34(21-23-6-5-17-32-20-23)31(35)25-7-4-8-27(18-25)38-2/h4-11,13-15,17-20,30,33H,3,12,16,21H2,1-2H3. The van der Waals surface area contributed by atoms with E-state index in [1.165, 1.54) is 0 Å². The molecule has 1 aliphatic carbocycles. The summed E-state index contributed by atoms with van der Waals surface area (Å²) in [5.74, 6) is 0.404. The molecular formula is C31H31N3O4S. The molecule has 5 rings (SSSR count). The number of nitrogens with zero attached hydrogens (tertiary/aromatic N) is 2. The highest BCUT2D eigenvalue weighted by Crippen LogP contribution is 2.36. The molecule has 0 fully saturated rings. The number of methoxy groups -OCH3 is 1. The molecule has 1 unspecified atom stereocenters. The number of sulfonamides is 1. The van der Waals surface area contributed by atoms with Crippen molar-refractivity contribution in [2.24, 2.45) is 0 Å². The van der Waals surface area contributed by atoms with Gasteiger partial charge >= 0.3 is 0 Å². The Morgan fingerprint density at radius 1 is 1.03 bits per heavy atom. The SMILES string of the molecule is CCc1ccc(S(=O)(=O)NC2CCc3ccc(N(Cc4cccnc4)C(=O)c4cccc(OC)c4)cc32)cc1. The maximum Gasteiger partial charge on any atom is 0.258 e. The van der Waals surface area contributed by atoms with Crippen LogP contribution in [0.25, 0.3) is 0 Å². The molecule has 1 aliphatic rings. The summed E-state index contributed by atoms with van der Waals surface area (Å²) < 4.78 is 34.7. The van der Waals surface area contributed by atoms with Crippen molar-refractivity contribution in [3.8, 4) is 5.75 Å². The van der Waals surface area contributed by atoms with Crippen LogP contribution in [0.1, 0.15) is 52.0 Å². The average Bonchev–Trinajstić information content (AvgIpc) is 3.37. The summed E-state index contributed by atoms with van der Waals surface area (Å²) in [7, 11) is -2.15. The number of hydrogen-bond donors (Lipinski definition) is 1. The third-order valence-electron chi connectivity index (χ3n) is 7.08. The quantitative estimate of drug-likeness (QED) is 0.304. The first kappa shape index (κ1) is 26.6. The normalized spacial score (nSPS) is 14.6. The van der Waals surface area contributed by atoms with Crippen molar-refractivity contribution < 1.29 is 17.9 Å². The van der Waals surface area contributed by atoms with Gasteiger partial charge in [-0.15, -0.1) is 0 Å². The fourth-order valence-corrected chi connectivity index (χ4v) is 6.16. The largest absolute Gasteiger partial charge is 0.497 e. The molecule has 0 spiro atoms. The summed E-state index contributed by atoms with van der Waals surface area (Å²) in [6.07, 6.45) is 5.68. The van der Waals surface area contributed by atoms with Gasteiger partial charge in [-0.2, -0.15) is 0 Å². The lowest BCUT2D eigenvalue weighted by atomic mass is 10.1. The van der Waals surface area contributed by atoms with Crippen molar-refractivity contribution in [3.63, 3.8) is 0 Å². The van der Waals surface area contributed by atoms with Gasteiger partial charge in [-0.1, -0.05) is 37.3 Å². The van der Waals surface area contributed by atoms with Crippen LogP contribution in [-0.2, 0) is 29.4 Å². The van der Waals surface area contributed by atoms with Gasteiger partial charge in [0.25, 0.3) is 5.91 Å². The first-order valence-corrected chi connectivity index (χ1v) is 14.4. The summed E-state index contributed by atoms with van der Waals surface area (Å²) in [5, 5.41) is 0. The van der Waals surface area contributed by atoms with E-state index in [0.717, 1.165) is 35.1 Å². The molecule has 1 heterocycles. The van der Waals surface area contributed by atoms with Crippen LogP contribution in [0.4, 0.5) is 5.69 Å². The van der Waals surface area contributed by atoms with Crippen LogP contribution in [0.3, 0.4) is 0 Å². The second-order valence-corrected chi connectivity index (χ2v) is 11.3. The lowest BCUT2D eigenvalue weighted by molar-refractivity contribution is 0.0984. The van der Waals surface area contributed by atoms with Crippen LogP contribution in [0.15, 0.2) is 96.2 Å². The highest BCUT2D eigenvalue weighted by Gasteiger charge is 2.29. The van der Waals surface area contributed by atoms with E-state index in [-0.39, 0.29) is 16.8 Å². The summed E-state index contributed by atoms with van der Waals surface area (Å²) in [5.41, 5.74) is 5.09. The van der Waals surface area contributed by atoms with Crippen LogP contribution in [-0.4, -0.2) is 26.4 Å². The number of nitrogens with one attached hydrogen (secondary N) is 1. The van der Waals surface area contributed by atoms with Gasteiger partial charge in [0.05, 0.1) is 18.6 Å². The first-order valence-electron chi connectivity index (χ1n) is 13.0. The highest BCUT2D eigenvalue weighted by molar-refractivity contribution is 7.89. The molecular weight excluding hydrogens is 510 g/mol. The third-order valence-corrected chi connectivity index (χ3v) is 8.57. The van der Waals surface area contributed by atoms with E-state index in [1.54, 1.807) is 60.8 Å². The maximum absolute atomic E-state index is 13.8. The third kappa shape index (κ3) is 5.87. The molecule has 1 aromatic heterocycles. The molecule has 0 radical (unpaired) electrons. The lowest BCUT2D eigenvalue weighted by Gasteiger charge is -2.25. The molecule has 7 nitrogen and oxygen atoms in total.